The van der Waals surface area contributed by atoms with Crippen molar-refractivity contribution in [1.82, 2.24) is 4.90 Å². The Morgan fingerprint density at radius 1 is 0.786 bits per heavy atom. The van der Waals surface area contributed by atoms with Crippen molar-refractivity contribution in [2.45, 2.75) is 66.5 Å². The van der Waals surface area contributed by atoms with Gasteiger partial charge in [-0.05, 0) is 13.8 Å². The van der Waals surface area contributed by atoms with Crippen molar-refractivity contribution in [1.29, 1.82) is 0 Å². The number of amides is 1. The number of ketones is 2. The van der Waals surface area contributed by atoms with E-state index in [9.17, 15) is 14.4 Å². The van der Waals surface area contributed by atoms with Gasteiger partial charge >= 0.3 is 0 Å². The van der Waals surface area contributed by atoms with Crippen LogP contribution in [0.15, 0.2) is 0 Å². The Kier molecular flexibility index (Phi) is 14.0. The first-order valence-corrected chi connectivity index (χ1v) is 10.1. The highest BCUT2D eigenvalue weighted by atomic mass is 16.5. The van der Waals surface area contributed by atoms with E-state index in [1.54, 1.807) is 11.9 Å². The van der Waals surface area contributed by atoms with Crippen LogP contribution in [0.4, 0.5) is 0 Å². The highest BCUT2D eigenvalue weighted by Gasteiger charge is 2.21. The molecule has 7 nitrogen and oxygen atoms in total. The molecule has 0 rings (SSSR count). The Bertz CT molecular complexity index is 448. The van der Waals surface area contributed by atoms with E-state index in [0.29, 0.717) is 26.1 Å². The number of rotatable bonds is 16. The second-order valence-corrected chi connectivity index (χ2v) is 7.91. The number of nitrogens with zero attached hydrogens (tertiary/aromatic N) is 1. The standard InChI is InChI=1S/C21H39NO6/c1-15(2)19(23)8-10-26-12-18(13-27-11-9-20(24)16(3)4)22(7)21(25)14-28-17(5)6/h15-18H,8-14H2,1-7H3. The van der Waals surface area contributed by atoms with E-state index in [0.717, 1.165) is 0 Å². The van der Waals surface area contributed by atoms with Crippen LogP contribution in [-0.2, 0) is 28.6 Å². The van der Waals surface area contributed by atoms with Gasteiger partial charge in [-0.15, -0.1) is 0 Å². The summed E-state index contributed by atoms with van der Waals surface area (Å²) in [5.41, 5.74) is 0. The number of carbonyl (C=O) groups is 3. The number of Topliss-reactive ketones (excluding diaryl/α,β-unsaturated/α-hetero) is 2. The highest BCUT2D eigenvalue weighted by molar-refractivity contribution is 5.80. The van der Waals surface area contributed by atoms with E-state index in [2.05, 4.69) is 0 Å². The van der Waals surface area contributed by atoms with E-state index in [-0.39, 0.29) is 61.3 Å². The summed E-state index contributed by atoms with van der Waals surface area (Å²) in [5, 5.41) is 0. The van der Waals surface area contributed by atoms with E-state index < -0.39 is 0 Å². The molecule has 0 N–H and O–H groups in total. The van der Waals surface area contributed by atoms with Gasteiger partial charge in [-0.3, -0.25) is 14.4 Å². The van der Waals surface area contributed by atoms with Crippen molar-refractivity contribution < 1.29 is 28.6 Å². The van der Waals surface area contributed by atoms with Crippen LogP contribution in [0.1, 0.15) is 54.4 Å². The third-order valence-corrected chi connectivity index (χ3v) is 4.38. The van der Waals surface area contributed by atoms with Crippen LogP contribution in [-0.4, -0.2) is 74.6 Å². The van der Waals surface area contributed by atoms with E-state index in [1.807, 2.05) is 41.5 Å². The largest absolute Gasteiger partial charge is 0.379 e. The smallest absolute Gasteiger partial charge is 0.248 e. The van der Waals surface area contributed by atoms with Crippen LogP contribution >= 0.6 is 0 Å². The fourth-order valence-electron chi connectivity index (χ4n) is 2.18. The summed E-state index contributed by atoms with van der Waals surface area (Å²) in [6.07, 6.45) is 0.664. The predicted molar refractivity (Wildman–Crippen MR) is 108 cm³/mol. The molecule has 0 aromatic rings. The monoisotopic (exact) mass is 401 g/mol. The fourth-order valence-corrected chi connectivity index (χ4v) is 2.18. The lowest BCUT2D eigenvalue weighted by Crippen LogP contribution is -2.45. The maximum atomic E-state index is 12.3. The summed E-state index contributed by atoms with van der Waals surface area (Å²) in [6.45, 7) is 12.3. The molecular weight excluding hydrogens is 362 g/mol. The third-order valence-electron chi connectivity index (χ3n) is 4.38. The van der Waals surface area contributed by atoms with Gasteiger partial charge in [0.1, 0.15) is 18.2 Å². The molecule has 0 aromatic heterocycles. The maximum Gasteiger partial charge on any atom is 0.248 e. The van der Waals surface area contributed by atoms with Gasteiger partial charge in [0.25, 0.3) is 0 Å². The number of carbonyl (C=O) groups excluding carboxylic acids is 3. The maximum absolute atomic E-state index is 12.3. The fraction of sp³-hybridized carbons (Fsp3) is 0.857. The summed E-state index contributed by atoms with van der Waals surface area (Å²) < 4.78 is 16.6. The summed E-state index contributed by atoms with van der Waals surface area (Å²) in [7, 11) is 1.68. The van der Waals surface area contributed by atoms with E-state index in [4.69, 9.17) is 14.2 Å². The number of ether oxygens (including phenoxy) is 3. The zero-order valence-electron chi connectivity index (χ0n) is 18.7. The molecule has 0 spiro atoms. The normalized spacial score (nSPS) is 11.7. The third kappa shape index (κ3) is 12.2. The lowest BCUT2D eigenvalue weighted by Gasteiger charge is -2.28. The Hall–Kier alpha value is -1.31. The zero-order valence-corrected chi connectivity index (χ0v) is 18.7. The van der Waals surface area contributed by atoms with Gasteiger partial charge in [0, 0.05) is 31.7 Å². The second-order valence-electron chi connectivity index (χ2n) is 7.91. The van der Waals surface area contributed by atoms with Gasteiger partial charge in [0.05, 0.1) is 38.6 Å². The molecule has 0 aliphatic carbocycles. The van der Waals surface area contributed by atoms with Crippen LogP contribution in [0, 0.1) is 11.8 Å². The number of hydrogen-bond donors (Lipinski definition) is 0. The van der Waals surface area contributed by atoms with Crippen molar-refractivity contribution in [3.8, 4) is 0 Å². The summed E-state index contributed by atoms with van der Waals surface area (Å²) in [5.74, 6) is 0.101. The Morgan fingerprint density at radius 2 is 1.21 bits per heavy atom. The zero-order chi connectivity index (χ0) is 21.7. The first kappa shape index (κ1) is 26.7. The van der Waals surface area contributed by atoms with Gasteiger partial charge in [-0.2, -0.15) is 0 Å². The summed E-state index contributed by atoms with van der Waals surface area (Å²) in [4.78, 5) is 37.3. The average molecular weight is 402 g/mol. The summed E-state index contributed by atoms with van der Waals surface area (Å²) >= 11 is 0. The molecule has 0 heterocycles. The highest BCUT2D eigenvalue weighted by Crippen LogP contribution is 2.05. The van der Waals surface area contributed by atoms with Crippen LogP contribution in [0.25, 0.3) is 0 Å². The molecule has 0 saturated carbocycles. The van der Waals surface area contributed by atoms with E-state index >= 15 is 0 Å². The Labute approximate surface area is 170 Å². The molecular formula is C21H39NO6. The lowest BCUT2D eigenvalue weighted by molar-refractivity contribution is -0.141. The molecule has 0 atom stereocenters. The molecule has 0 aliphatic rings. The quantitative estimate of drug-likeness (QED) is 0.370. The van der Waals surface area contributed by atoms with Crippen LogP contribution < -0.4 is 0 Å². The van der Waals surface area contributed by atoms with Crippen molar-refractivity contribution >= 4 is 17.5 Å². The van der Waals surface area contributed by atoms with Crippen LogP contribution in [0.2, 0.25) is 0 Å². The molecule has 28 heavy (non-hydrogen) atoms. The van der Waals surface area contributed by atoms with Gasteiger partial charge in [0.15, 0.2) is 0 Å². The summed E-state index contributed by atoms with van der Waals surface area (Å²) in [6, 6.07) is -0.313. The van der Waals surface area contributed by atoms with Crippen LogP contribution in [0.3, 0.4) is 0 Å². The van der Waals surface area contributed by atoms with Gasteiger partial charge in [0.2, 0.25) is 5.91 Å². The molecule has 0 bridgehead atoms. The topological polar surface area (TPSA) is 82.1 Å². The number of likely N-dealkylation sites (N-methyl/N-ethyl adjacent to an activating group) is 1. The second kappa shape index (κ2) is 14.7. The van der Waals surface area contributed by atoms with Gasteiger partial charge in [-0.25, -0.2) is 0 Å². The molecule has 0 aromatic carbocycles. The first-order chi connectivity index (χ1) is 13.1. The van der Waals surface area contributed by atoms with Gasteiger partial charge in [-0.1, -0.05) is 27.7 Å². The minimum Gasteiger partial charge on any atom is -0.379 e. The molecule has 0 fully saturated rings. The molecule has 164 valence electrons. The minimum absolute atomic E-state index is 0.0116. The molecule has 0 radical (unpaired) electrons. The average Bonchev–Trinajstić information content (AvgIpc) is 2.63. The lowest BCUT2D eigenvalue weighted by atomic mass is 10.1. The molecule has 7 heteroatoms. The first-order valence-electron chi connectivity index (χ1n) is 10.1. The predicted octanol–water partition coefficient (Wildman–Crippen LogP) is 2.50. The minimum atomic E-state index is -0.313. The van der Waals surface area contributed by atoms with Crippen molar-refractivity contribution in [3.63, 3.8) is 0 Å². The Balaban J connectivity index is 4.57. The molecule has 1 amide bonds. The number of hydrogen-bond acceptors (Lipinski definition) is 6. The SMILES string of the molecule is CC(C)OCC(=O)N(C)C(COCCC(=O)C(C)C)COCCC(=O)C(C)C. The molecule has 0 aliphatic heterocycles. The van der Waals surface area contributed by atoms with Crippen molar-refractivity contribution in [2.24, 2.45) is 11.8 Å². The molecule has 0 saturated heterocycles. The Morgan fingerprint density at radius 3 is 1.57 bits per heavy atom. The van der Waals surface area contributed by atoms with Crippen molar-refractivity contribution in [2.75, 3.05) is 40.1 Å². The van der Waals surface area contributed by atoms with Crippen molar-refractivity contribution in [3.05, 3.63) is 0 Å². The van der Waals surface area contributed by atoms with Gasteiger partial charge < -0.3 is 19.1 Å². The van der Waals surface area contributed by atoms with Crippen LogP contribution in [0.5, 0.6) is 0 Å². The van der Waals surface area contributed by atoms with E-state index in [1.165, 1.54) is 0 Å². The molecule has 0 unspecified atom stereocenters.